The van der Waals surface area contributed by atoms with Gasteiger partial charge in [0.05, 0.1) is 6.10 Å². The first-order valence-corrected chi connectivity index (χ1v) is 16.6. The number of hydrogen-bond donors (Lipinski definition) is 3. The van der Waals surface area contributed by atoms with E-state index in [1.807, 2.05) is 0 Å². The number of aliphatic hydroxyl groups excluding tert-OH is 2. The Morgan fingerprint density at radius 3 is 2.33 bits per heavy atom. The lowest BCUT2D eigenvalue weighted by Crippen LogP contribution is -2.68. The van der Waals surface area contributed by atoms with E-state index in [-0.39, 0.29) is 22.3 Å². The van der Waals surface area contributed by atoms with Crippen molar-refractivity contribution in [1.82, 2.24) is 5.32 Å². The highest BCUT2D eigenvalue weighted by Crippen LogP contribution is 2.77. The first-order chi connectivity index (χ1) is 19.0. The molecular weight excluding hydrogens is 490 g/mol. The standard InChI is InChI=1S/C37H57NO2/c1-25(2)27-14-19-37(24-39)21-20-35(5)28(32(27)37)12-13-30-33(3)17-16-31(40)34(4,29(33)15-18-36(30,35)6)23-38-22-26-10-8-7-9-11-26/h7-11,27-32,38-40H,1,12-24H2,2-6H3/t27-,28+,29+,30+,31?,32+,33-,34?,35+,36+,37+/m0/s1. The lowest BCUT2D eigenvalue weighted by molar-refractivity contribution is -0.251. The van der Waals surface area contributed by atoms with Crippen LogP contribution in [0.2, 0.25) is 0 Å². The summed E-state index contributed by atoms with van der Waals surface area (Å²) >= 11 is 0. The van der Waals surface area contributed by atoms with Crippen molar-refractivity contribution in [2.24, 2.45) is 56.7 Å². The molecule has 40 heavy (non-hydrogen) atoms. The lowest BCUT2D eigenvalue weighted by Gasteiger charge is -2.73. The Morgan fingerprint density at radius 1 is 0.875 bits per heavy atom. The van der Waals surface area contributed by atoms with Gasteiger partial charge in [-0.25, -0.2) is 0 Å². The van der Waals surface area contributed by atoms with Crippen molar-refractivity contribution in [2.45, 2.75) is 111 Å². The summed E-state index contributed by atoms with van der Waals surface area (Å²) in [4.78, 5) is 0. The number of nitrogens with one attached hydrogen (secondary N) is 1. The third-order valence-electron chi connectivity index (χ3n) is 15.0. The lowest BCUT2D eigenvalue weighted by atomic mass is 9.32. The molecule has 3 nitrogen and oxygen atoms in total. The fourth-order valence-electron chi connectivity index (χ4n) is 12.7. The molecule has 1 aromatic rings. The van der Waals surface area contributed by atoms with E-state index >= 15 is 0 Å². The van der Waals surface area contributed by atoms with Gasteiger partial charge in [-0.05, 0) is 128 Å². The molecule has 3 heteroatoms. The van der Waals surface area contributed by atoms with Gasteiger partial charge in [-0.2, -0.15) is 0 Å². The Labute approximate surface area is 244 Å². The molecule has 0 spiro atoms. The molecule has 5 aliphatic rings. The van der Waals surface area contributed by atoms with Gasteiger partial charge in [-0.15, -0.1) is 0 Å². The summed E-state index contributed by atoms with van der Waals surface area (Å²) in [5.41, 5.74) is 3.57. The molecule has 0 aromatic heterocycles. The van der Waals surface area contributed by atoms with Gasteiger partial charge < -0.3 is 15.5 Å². The molecule has 0 saturated heterocycles. The Morgan fingerprint density at radius 2 is 1.62 bits per heavy atom. The van der Waals surface area contributed by atoms with Crippen LogP contribution in [0.15, 0.2) is 42.5 Å². The van der Waals surface area contributed by atoms with Crippen molar-refractivity contribution in [3.05, 3.63) is 48.0 Å². The molecule has 5 fully saturated rings. The highest BCUT2D eigenvalue weighted by atomic mass is 16.3. The Bertz CT molecular complexity index is 1100. The topological polar surface area (TPSA) is 52.5 Å². The molecule has 0 radical (unpaired) electrons. The van der Waals surface area contributed by atoms with Crippen LogP contribution in [0.3, 0.4) is 0 Å². The van der Waals surface area contributed by atoms with Gasteiger partial charge in [0.15, 0.2) is 0 Å². The molecule has 5 saturated carbocycles. The van der Waals surface area contributed by atoms with Crippen molar-refractivity contribution in [3.63, 3.8) is 0 Å². The molecule has 0 amide bonds. The van der Waals surface area contributed by atoms with Crippen molar-refractivity contribution in [1.29, 1.82) is 0 Å². The predicted octanol–water partition coefficient (Wildman–Crippen LogP) is 7.77. The number of aliphatic hydroxyl groups is 2. The van der Waals surface area contributed by atoms with Gasteiger partial charge in [0.1, 0.15) is 0 Å². The Kier molecular flexibility index (Phi) is 7.20. The SMILES string of the molecule is C=C(C)[C@@H]1CC[C@]2(CO)CC[C@]3(C)[C@H](CC[C@@H]4[C@@]5(C)CCC(O)C(C)(CNCc6ccccc6)[C@@H]5CC[C@]43C)[C@@H]12. The van der Waals surface area contributed by atoms with Crippen LogP contribution < -0.4 is 5.32 Å². The van der Waals surface area contributed by atoms with Crippen LogP contribution in [-0.2, 0) is 6.54 Å². The van der Waals surface area contributed by atoms with Gasteiger partial charge in [0.25, 0.3) is 0 Å². The maximum atomic E-state index is 11.5. The largest absolute Gasteiger partial charge is 0.396 e. The van der Waals surface area contributed by atoms with Crippen LogP contribution in [0.1, 0.15) is 104 Å². The Balaban J connectivity index is 1.29. The van der Waals surface area contributed by atoms with Gasteiger partial charge >= 0.3 is 0 Å². The number of benzene rings is 1. The zero-order valence-corrected chi connectivity index (χ0v) is 26.1. The Hall–Kier alpha value is -1.16. The number of allylic oxidation sites excluding steroid dienone is 1. The maximum absolute atomic E-state index is 11.5. The van der Waals surface area contributed by atoms with E-state index in [0.717, 1.165) is 25.9 Å². The monoisotopic (exact) mass is 547 g/mol. The summed E-state index contributed by atoms with van der Waals surface area (Å²) < 4.78 is 0. The van der Waals surface area contributed by atoms with Crippen LogP contribution in [0.5, 0.6) is 0 Å². The van der Waals surface area contributed by atoms with E-state index in [0.29, 0.717) is 47.0 Å². The molecule has 222 valence electrons. The van der Waals surface area contributed by atoms with Crippen LogP contribution >= 0.6 is 0 Å². The first kappa shape index (κ1) is 28.9. The molecule has 0 heterocycles. The summed E-state index contributed by atoms with van der Waals surface area (Å²) in [5, 5.41) is 26.1. The van der Waals surface area contributed by atoms with E-state index < -0.39 is 0 Å². The molecule has 11 atom stereocenters. The number of fused-ring (bicyclic) bond motifs is 7. The second-order valence-corrected chi connectivity index (χ2v) is 16.4. The maximum Gasteiger partial charge on any atom is 0.0609 e. The van der Waals surface area contributed by atoms with E-state index in [4.69, 9.17) is 0 Å². The highest BCUT2D eigenvalue weighted by molar-refractivity contribution is 5.22. The second-order valence-electron chi connectivity index (χ2n) is 16.4. The van der Waals surface area contributed by atoms with E-state index in [2.05, 4.69) is 76.8 Å². The third-order valence-corrected chi connectivity index (χ3v) is 15.0. The van der Waals surface area contributed by atoms with Crippen molar-refractivity contribution in [2.75, 3.05) is 13.2 Å². The minimum atomic E-state index is -0.236. The van der Waals surface area contributed by atoms with Gasteiger partial charge in [-0.3, -0.25) is 0 Å². The van der Waals surface area contributed by atoms with Crippen LogP contribution in [0.25, 0.3) is 0 Å². The quantitative estimate of drug-likeness (QED) is 0.319. The number of hydrogen-bond acceptors (Lipinski definition) is 3. The minimum Gasteiger partial charge on any atom is -0.396 e. The highest BCUT2D eigenvalue weighted by Gasteiger charge is 2.71. The summed E-state index contributed by atoms with van der Waals surface area (Å²) in [6, 6.07) is 10.7. The van der Waals surface area contributed by atoms with Crippen LogP contribution in [-0.4, -0.2) is 29.5 Å². The smallest absolute Gasteiger partial charge is 0.0609 e. The van der Waals surface area contributed by atoms with Crippen LogP contribution in [0.4, 0.5) is 0 Å². The van der Waals surface area contributed by atoms with Crippen molar-refractivity contribution in [3.8, 4) is 0 Å². The van der Waals surface area contributed by atoms with E-state index in [1.54, 1.807) is 0 Å². The fourth-order valence-corrected chi connectivity index (χ4v) is 12.7. The molecule has 1 aromatic carbocycles. The van der Waals surface area contributed by atoms with Crippen molar-refractivity contribution < 1.29 is 10.2 Å². The molecular formula is C37H57NO2. The normalized spacial score (nSPS) is 49.9. The zero-order valence-electron chi connectivity index (χ0n) is 26.1. The van der Waals surface area contributed by atoms with E-state index in [9.17, 15) is 10.2 Å². The van der Waals surface area contributed by atoms with Gasteiger partial charge in [0.2, 0.25) is 0 Å². The molecule has 0 bridgehead atoms. The van der Waals surface area contributed by atoms with E-state index in [1.165, 1.54) is 62.5 Å². The summed E-state index contributed by atoms with van der Waals surface area (Å²) in [6.45, 7) is 19.3. The number of rotatable bonds is 6. The van der Waals surface area contributed by atoms with Crippen LogP contribution in [0, 0.1) is 56.7 Å². The summed E-state index contributed by atoms with van der Waals surface area (Å²) in [6.07, 6.45) is 11.8. The summed E-state index contributed by atoms with van der Waals surface area (Å²) in [7, 11) is 0. The molecule has 6 rings (SSSR count). The molecule has 2 unspecified atom stereocenters. The average Bonchev–Trinajstić information content (AvgIpc) is 3.33. The third kappa shape index (κ3) is 3.92. The second kappa shape index (κ2) is 9.95. The molecule has 5 aliphatic carbocycles. The van der Waals surface area contributed by atoms with Gasteiger partial charge in [0, 0.05) is 25.1 Å². The molecule has 3 N–H and O–H groups in total. The average molecular weight is 548 g/mol. The predicted molar refractivity (Wildman–Crippen MR) is 165 cm³/mol. The molecule has 0 aliphatic heterocycles. The summed E-state index contributed by atoms with van der Waals surface area (Å²) in [5.74, 6) is 3.10. The van der Waals surface area contributed by atoms with Gasteiger partial charge in [-0.1, -0.05) is 70.2 Å². The van der Waals surface area contributed by atoms with Crippen molar-refractivity contribution >= 4 is 0 Å². The fraction of sp³-hybridized carbons (Fsp3) is 0.784. The zero-order chi connectivity index (χ0) is 28.6. The minimum absolute atomic E-state index is 0.101. The first-order valence-electron chi connectivity index (χ1n) is 16.6.